The first-order valence-electron chi connectivity index (χ1n) is 10.0. The number of carbonyl (C=O) groups excluding carboxylic acids is 1. The van der Waals surface area contributed by atoms with Crippen molar-refractivity contribution in [1.82, 2.24) is 10.2 Å². The highest BCUT2D eigenvalue weighted by molar-refractivity contribution is 5.88. The molecule has 0 spiro atoms. The summed E-state index contributed by atoms with van der Waals surface area (Å²) in [5.41, 5.74) is 2.49. The fraction of sp³-hybridized carbons (Fsp3) is 0.348. The Morgan fingerprint density at radius 2 is 1.97 bits per heavy atom. The zero-order chi connectivity index (χ0) is 20.9. The lowest BCUT2D eigenvalue weighted by atomic mass is 10.0. The Balaban J connectivity index is 1.44. The summed E-state index contributed by atoms with van der Waals surface area (Å²) < 4.78 is 29.6. The second-order valence-electron chi connectivity index (χ2n) is 7.32. The SMILES string of the molecule is COc1ccc2c(CC(=O)NC[C@@H](c3ccc(F)cc3)N3CCOCC3)coc2c1. The molecule has 1 aliphatic rings. The number of morpholine rings is 1. The van der Waals surface area contributed by atoms with Gasteiger partial charge in [0.05, 0.1) is 39.0 Å². The molecule has 1 N–H and O–H groups in total. The number of nitrogens with zero attached hydrogens (tertiary/aromatic N) is 1. The summed E-state index contributed by atoms with van der Waals surface area (Å²) in [6.07, 6.45) is 1.84. The maximum atomic E-state index is 13.4. The Morgan fingerprint density at radius 1 is 1.20 bits per heavy atom. The fourth-order valence-corrected chi connectivity index (χ4v) is 3.81. The largest absolute Gasteiger partial charge is 0.497 e. The molecule has 0 radical (unpaired) electrons. The molecule has 3 aromatic rings. The normalized spacial score (nSPS) is 15.8. The van der Waals surface area contributed by atoms with E-state index < -0.39 is 0 Å². The van der Waals surface area contributed by atoms with Gasteiger partial charge in [0.15, 0.2) is 0 Å². The number of nitrogens with one attached hydrogen (secondary N) is 1. The molecule has 1 atom stereocenters. The number of benzene rings is 2. The van der Waals surface area contributed by atoms with Crippen molar-refractivity contribution < 1.29 is 23.1 Å². The lowest BCUT2D eigenvalue weighted by Crippen LogP contribution is -2.44. The van der Waals surface area contributed by atoms with Crippen LogP contribution in [-0.2, 0) is 16.0 Å². The number of methoxy groups -OCH3 is 1. The lowest BCUT2D eigenvalue weighted by molar-refractivity contribution is -0.120. The standard InChI is InChI=1S/C23H25FN2O4/c1-28-19-6-7-20-17(15-30-22(20)13-19)12-23(27)25-14-21(26-8-10-29-11-9-26)16-2-4-18(24)5-3-16/h2-7,13,15,21H,8-12,14H2,1H3,(H,25,27)/t21-/m0/s1. The van der Waals surface area contributed by atoms with Gasteiger partial charge in [0.1, 0.15) is 17.1 Å². The summed E-state index contributed by atoms with van der Waals surface area (Å²) in [7, 11) is 1.60. The number of fused-ring (bicyclic) bond motifs is 1. The summed E-state index contributed by atoms with van der Waals surface area (Å²) >= 11 is 0. The van der Waals surface area contributed by atoms with Crippen molar-refractivity contribution in [1.29, 1.82) is 0 Å². The van der Waals surface area contributed by atoms with Crippen molar-refractivity contribution >= 4 is 16.9 Å². The fourth-order valence-electron chi connectivity index (χ4n) is 3.81. The predicted molar refractivity (Wildman–Crippen MR) is 111 cm³/mol. The van der Waals surface area contributed by atoms with Crippen LogP contribution in [0.15, 0.2) is 53.1 Å². The van der Waals surface area contributed by atoms with Gasteiger partial charge in [0.2, 0.25) is 5.91 Å². The van der Waals surface area contributed by atoms with Gasteiger partial charge in [-0.2, -0.15) is 0 Å². The third kappa shape index (κ3) is 4.63. The molecule has 1 fully saturated rings. The van der Waals surface area contributed by atoms with Gasteiger partial charge in [-0.1, -0.05) is 12.1 Å². The molecule has 7 heteroatoms. The smallest absolute Gasteiger partial charge is 0.224 e. The molecule has 0 unspecified atom stereocenters. The predicted octanol–water partition coefficient (Wildman–Crippen LogP) is 3.31. The third-order valence-corrected chi connectivity index (χ3v) is 5.45. The van der Waals surface area contributed by atoms with Gasteiger partial charge < -0.3 is 19.2 Å². The van der Waals surface area contributed by atoms with E-state index in [0.29, 0.717) is 31.1 Å². The molecule has 2 aromatic carbocycles. The molecular formula is C23H25FN2O4. The molecule has 1 amide bonds. The van der Waals surface area contributed by atoms with Crippen molar-refractivity contribution in [3.8, 4) is 5.75 Å². The molecule has 2 heterocycles. The zero-order valence-corrected chi connectivity index (χ0v) is 16.9. The average molecular weight is 412 g/mol. The quantitative estimate of drug-likeness (QED) is 0.645. The van der Waals surface area contributed by atoms with Crippen LogP contribution < -0.4 is 10.1 Å². The summed E-state index contributed by atoms with van der Waals surface area (Å²) in [5, 5.41) is 3.93. The number of rotatable bonds is 7. The van der Waals surface area contributed by atoms with Crippen LogP contribution in [0.3, 0.4) is 0 Å². The molecule has 1 saturated heterocycles. The Morgan fingerprint density at radius 3 is 2.70 bits per heavy atom. The minimum atomic E-state index is -0.271. The molecule has 30 heavy (non-hydrogen) atoms. The minimum Gasteiger partial charge on any atom is -0.497 e. The van der Waals surface area contributed by atoms with E-state index in [0.717, 1.165) is 29.6 Å². The zero-order valence-electron chi connectivity index (χ0n) is 16.9. The Hall–Kier alpha value is -2.90. The summed E-state index contributed by atoms with van der Waals surface area (Å²) in [6, 6.07) is 12.0. The van der Waals surface area contributed by atoms with Crippen LogP contribution >= 0.6 is 0 Å². The van der Waals surface area contributed by atoms with E-state index in [-0.39, 0.29) is 24.2 Å². The van der Waals surface area contributed by atoms with E-state index in [1.807, 2.05) is 12.1 Å². The third-order valence-electron chi connectivity index (χ3n) is 5.45. The monoisotopic (exact) mass is 412 g/mol. The van der Waals surface area contributed by atoms with Crippen molar-refractivity contribution in [2.75, 3.05) is 40.0 Å². The van der Waals surface area contributed by atoms with Crippen molar-refractivity contribution in [3.63, 3.8) is 0 Å². The molecule has 0 aliphatic carbocycles. The number of amides is 1. The first-order valence-corrected chi connectivity index (χ1v) is 10.0. The van der Waals surface area contributed by atoms with Crippen LogP contribution in [-0.4, -0.2) is 50.8 Å². The number of furan rings is 1. The highest BCUT2D eigenvalue weighted by Gasteiger charge is 2.23. The number of ether oxygens (including phenoxy) is 2. The summed E-state index contributed by atoms with van der Waals surface area (Å²) in [5.74, 6) is 0.348. The van der Waals surface area contributed by atoms with Crippen LogP contribution in [0.25, 0.3) is 11.0 Å². The van der Waals surface area contributed by atoms with Crippen molar-refractivity contribution in [2.24, 2.45) is 0 Å². The first kappa shape index (κ1) is 20.4. The Labute approximate surface area is 174 Å². The number of halogens is 1. The van der Waals surface area contributed by atoms with Crippen LogP contribution in [0.4, 0.5) is 4.39 Å². The van der Waals surface area contributed by atoms with Crippen LogP contribution in [0.2, 0.25) is 0 Å². The van der Waals surface area contributed by atoms with Crippen molar-refractivity contribution in [3.05, 3.63) is 65.7 Å². The number of hydrogen-bond acceptors (Lipinski definition) is 5. The highest BCUT2D eigenvalue weighted by Crippen LogP contribution is 2.26. The minimum absolute atomic E-state index is 0.0381. The molecule has 158 valence electrons. The van der Waals surface area contributed by atoms with E-state index in [9.17, 15) is 9.18 Å². The lowest BCUT2D eigenvalue weighted by Gasteiger charge is -2.35. The van der Waals surface area contributed by atoms with Crippen molar-refractivity contribution in [2.45, 2.75) is 12.5 Å². The van der Waals surface area contributed by atoms with Gasteiger partial charge in [-0.3, -0.25) is 9.69 Å². The van der Waals surface area contributed by atoms with Crippen LogP contribution in [0, 0.1) is 5.82 Å². The van der Waals surface area contributed by atoms with Crippen LogP contribution in [0.5, 0.6) is 5.75 Å². The summed E-state index contributed by atoms with van der Waals surface area (Å²) in [6.45, 7) is 3.28. The van der Waals surface area contributed by atoms with Gasteiger partial charge in [-0.05, 0) is 29.8 Å². The highest BCUT2D eigenvalue weighted by atomic mass is 19.1. The molecular weight excluding hydrogens is 387 g/mol. The van der Waals surface area contributed by atoms with Gasteiger partial charge in [-0.25, -0.2) is 4.39 Å². The molecule has 0 saturated carbocycles. The van der Waals surface area contributed by atoms with E-state index in [4.69, 9.17) is 13.9 Å². The first-order chi connectivity index (χ1) is 14.6. The second kappa shape index (κ2) is 9.28. The number of hydrogen-bond donors (Lipinski definition) is 1. The Kier molecular flexibility index (Phi) is 6.30. The molecule has 1 aromatic heterocycles. The average Bonchev–Trinajstić information content (AvgIpc) is 3.17. The Bertz CT molecular complexity index is 996. The van der Waals surface area contributed by atoms with E-state index in [1.165, 1.54) is 12.1 Å². The van der Waals surface area contributed by atoms with E-state index in [1.54, 1.807) is 31.6 Å². The maximum absolute atomic E-state index is 13.4. The molecule has 0 bridgehead atoms. The van der Waals surface area contributed by atoms with E-state index >= 15 is 0 Å². The maximum Gasteiger partial charge on any atom is 0.224 e. The van der Waals surface area contributed by atoms with Gasteiger partial charge in [0, 0.05) is 36.7 Å². The molecule has 4 rings (SSSR count). The van der Waals surface area contributed by atoms with E-state index in [2.05, 4.69) is 10.2 Å². The second-order valence-corrected chi connectivity index (χ2v) is 7.32. The number of carbonyl (C=O) groups is 1. The van der Waals surface area contributed by atoms with Gasteiger partial charge >= 0.3 is 0 Å². The molecule has 6 nitrogen and oxygen atoms in total. The van der Waals surface area contributed by atoms with Gasteiger partial charge in [0.25, 0.3) is 0 Å². The van der Waals surface area contributed by atoms with Gasteiger partial charge in [-0.15, -0.1) is 0 Å². The summed E-state index contributed by atoms with van der Waals surface area (Å²) in [4.78, 5) is 14.9. The molecule has 1 aliphatic heterocycles. The van der Waals surface area contributed by atoms with Crippen LogP contribution in [0.1, 0.15) is 17.2 Å². The topological polar surface area (TPSA) is 63.9 Å².